The summed E-state index contributed by atoms with van der Waals surface area (Å²) in [6, 6.07) is 10.4. The topological polar surface area (TPSA) is 73.9 Å². The van der Waals surface area contributed by atoms with Crippen LogP contribution in [-0.4, -0.2) is 33.0 Å². The summed E-state index contributed by atoms with van der Waals surface area (Å²) in [6.45, 7) is 1.45. The van der Waals surface area contributed by atoms with Gasteiger partial charge in [0.1, 0.15) is 0 Å². The normalized spacial score (nSPS) is 10.5. The number of rotatable bonds is 7. The first-order valence-corrected chi connectivity index (χ1v) is 7.89. The van der Waals surface area contributed by atoms with Gasteiger partial charge in [0.25, 0.3) is 0 Å². The Morgan fingerprint density at radius 2 is 1.54 bits per heavy atom. The second kappa shape index (κ2) is 8.71. The Bertz CT molecular complexity index is 825. The van der Waals surface area contributed by atoms with Crippen molar-refractivity contribution in [3.63, 3.8) is 0 Å². The Morgan fingerprint density at radius 1 is 0.885 bits per heavy atom. The van der Waals surface area contributed by atoms with E-state index in [0.29, 0.717) is 28.5 Å². The van der Waals surface area contributed by atoms with Gasteiger partial charge in [0.2, 0.25) is 11.7 Å². The third-order valence-corrected chi connectivity index (χ3v) is 3.63. The van der Waals surface area contributed by atoms with E-state index in [2.05, 4.69) is 5.32 Å². The number of nitrogens with one attached hydrogen (secondary N) is 1. The van der Waals surface area contributed by atoms with E-state index >= 15 is 0 Å². The minimum atomic E-state index is -0.228. The van der Waals surface area contributed by atoms with Crippen LogP contribution in [0.15, 0.2) is 42.5 Å². The first-order valence-electron chi connectivity index (χ1n) is 7.89. The van der Waals surface area contributed by atoms with Crippen LogP contribution in [0.2, 0.25) is 0 Å². The van der Waals surface area contributed by atoms with Crippen LogP contribution in [0.4, 0.5) is 5.69 Å². The minimum absolute atomic E-state index is 0.135. The van der Waals surface area contributed by atoms with Gasteiger partial charge in [-0.15, -0.1) is 0 Å². The second-order valence-corrected chi connectivity index (χ2v) is 5.38. The summed E-state index contributed by atoms with van der Waals surface area (Å²) in [5.74, 6) is 0.813. The van der Waals surface area contributed by atoms with Crippen LogP contribution >= 0.6 is 0 Å². The van der Waals surface area contributed by atoms with Gasteiger partial charge in [0, 0.05) is 12.6 Å². The SMILES string of the molecule is COc1ccc(C(=O)C=Cc2ccc(NC(C)=O)cc2)c(OC)c1OC. The molecule has 2 aromatic rings. The van der Waals surface area contributed by atoms with E-state index in [1.807, 2.05) is 0 Å². The molecule has 0 spiro atoms. The first kappa shape index (κ1) is 19.1. The number of ether oxygens (including phenoxy) is 3. The molecule has 26 heavy (non-hydrogen) atoms. The smallest absolute Gasteiger partial charge is 0.221 e. The summed E-state index contributed by atoms with van der Waals surface area (Å²) in [4.78, 5) is 23.6. The zero-order valence-corrected chi connectivity index (χ0v) is 15.2. The molecule has 0 heterocycles. The number of carbonyl (C=O) groups excluding carboxylic acids is 2. The predicted molar refractivity (Wildman–Crippen MR) is 100 cm³/mol. The number of allylic oxidation sites excluding steroid dienone is 1. The number of hydrogen-bond donors (Lipinski definition) is 1. The zero-order chi connectivity index (χ0) is 19.1. The summed E-state index contributed by atoms with van der Waals surface area (Å²) in [5.41, 5.74) is 1.89. The van der Waals surface area contributed by atoms with Gasteiger partial charge in [-0.1, -0.05) is 18.2 Å². The highest BCUT2D eigenvalue weighted by Gasteiger charge is 2.19. The average Bonchev–Trinajstić information content (AvgIpc) is 2.65. The fourth-order valence-electron chi connectivity index (χ4n) is 2.44. The maximum Gasteiger partial charge on any atom is 0.221 e. The van der Waals surface area contributed by atoms with E-state index in [4.69, 9.17) is 14.2 Å². The van der Waals surface area contributed by atoms with Crippen molar-refractivity contribution in [2.24, 2.45) is 0 Å². The molecule has 0 saturated carbocycles. The monoisotopic (exact) mass is 355 g/mol. The van der Waals surface area contributed by atoms with Gasteiger partial charge >= 0.3 is 0 Å². The minimum Gasteiger partial charge on any atom is -0.493 e. The number of ketones is 1. The van der Waals surface area contributed by atoms with Crippen LogP contribution in [0.5, 0.6) is 17.2 Å². The Labute approximate surface area is 152 Å². The van der Waals surface area contributed by atoms with Gasteiger partial charge in [-0.25, -0.2) is 0 Å². The summed E-state index contributed by atoms with van der Waals surface area (Å²) in [6.07, 6.45) is 3.15. The lowest BCUT2D eigenvalue weighted by molar-refractivity contribution is -0.114. The van der Waals surface area contributed by atoms with E-state index in [1.54, 1.807) is 42.5 Å². The molecule has 0 saturated heterocycles. The Hall–Kier alpha value is -3.28. The fraction of sp³-hybridized carbons (Fsp3) is 0.200. The van der Waals surface area contributed by atoms with Crippen LogP contribution in [-0.2, 0) is 4.79 Å². The molecule has 0 aliphatic carbocycles. The van der Waals surface area contributed by atoms with Gasteiger partial charge in [-0.05, 0) is 35.9 Å². The highest BCUT2D eigenvalue weighted by molar-refractivity contribution is 6.09. The standard InChI is InChI=1S/C20H21NO5/c1-13(22)21-15-8-5-14(6-9-15)7-11-17(23)16-10-12-18(24-2)20(26-4)19(16)25-3/h5-12H,1-4H3,(H,21,22). The van der Waals surface area contributed by atoms with E-state index < -0.39 is 0 Å². The molecule has 0 fully saturated rings. The van der Waals surface area contributed by atoms with Crippen molar-refractivity contribution >= 4 is 23.5 Å². The molecule has 0 atom stereocenters. The van der Waals surface area contributed by atoms with Crippen molar-refractivity contribution in [1.29, 1.82) is 0 Å². The van der Waals surface area contributed by atoms with Gasteiger partial charge < -0.3 is 19.5 Å². The van der Waals surface area contributed by atoms with E-state index in [0.717, 1.165) is 5.56 Å². The highest BCUT2D eigenvalue weighted by Crippen LogP contribution is 2.40. The molecular formula is C20H21NO5. The van der Waals surface area contributed by atoms with E-state index in [-0.39, 0.29) is 11.7 Å². The zero-order valence-electron chi connectivity index (χ0n) is 15.2. The molecule has 1 N–H and O–H groups in total. The van der Waals surface area contributed by atoms with Crippen LogP contribution in [0.1, 0.15) is 22.8 Å². The number of amides is 1. The maximum atomic E-state index is 12.6. The largest absolute Gasteiger partial charge is 0.493 e. The average molecular weight is 355 g/mol. The van der Waals surface area contributed by atoms with E-state index in [9.17, 15) is 9.59 Å². The summed E-state index contributed by atoms with van der Waals surface area (Å²) >= 11 is 0. The molecule has 0 unspecified atom stereocenters. The first-order chi connectivity index (χ1) is 12.5. The molecule has 0 radical (unpaired) electrons. The fourth-order valence-corrected chi connectivity index (χ4v) is 2.44. The lowest BCUT2D eigenvalue weighted by Gasteiger charge is -2.14. The molecule has 136 valence electrons. The molecule has 2 aromatic carbocycles. The van der Waals surface area contributed by atoms with Crippen molar-refractivity contribution in [3.8, 4) is 17.2 Å². The number of carbonyl (C=O) groups is 2. The quantitative estimate of drug-likeness (QED) is 0.607. The third-order valence-electron chi connectivity index (χ3n) is 3.63. The van der Waals surface area contributed by atoms with Crippen LogP contribution in [0.3, 0.4) is 0 Å². The predicted octanol–water partition coefficient (Wildman–Crippen LogP) is 3.57. The highest BCUT2D eigenvalue weighted by atomic mass is 16.5. The molecule has 0 aromatic heterocycles. The summed E-state index contributed by atoms with van der Waals surface area (Å²) in [7, 11) is 4.48. The van der Waals surface area contributed by atoms with Crippen LogP contribution in [0, 0.1) is 0 Å². The van der Waals surface area contributed by atoms with Crippen molar-refractivity contribution in [1.82, 2.24) is 0 Å². The molecular weight excluding hydrogens is 334 g/mol. The maximum absolute atomic E-state index is 12.6. The van der Waals surface area contributed by atoms with Crippen LogP contribution in [0.25, 0.3) is 6.08 Å². The van der Waals surface area contributed by atoms with Crippen molar-refractivity contribution in [3.05, 3.63) is 53.6 Å². The Balaban J connectivity index is 2.24. The lowest BCUT2D eigenvalue weighted by atomic mass is 10.1. The molecule has 6 heteroatoms. The van der Waals surface area contributed by atoms with Crippen molar-refractivity contribution in [2.75, 3.05) is 26.6 Å². The molecule has 0 aliphatic rings. The molecule has 0 aliphatic heterocycles. The molecule has 6 nitrogen and oxygen atoms in total. The Kier molecular flexibility index (Phi) is 6.38. The summed E-state index contributed by atoms with van der Waals surface area (Å²) < 4.78 is 15.8. The number of anilines is 1. The third kappa shape index (κ3) is 4.42. The number of benzene rings is 2. The number of hydrogen-bond acceptors (Lipinski definition) is 5. The second-order valence-electron chi connectivity index (χ2n) is 5.38. The van der Waals surface area contributed by atoms with Gasteiger partial charge in [-0.3, -0.25) is 9.59 Å². The van der Waals surface area contributed by atoms with E-state index in [1.165, 1.54) is 34.3 Å². The number of methoxy groups -OCH3 is 3. The van der Waals surface area contributed by atoms with Gasteiger partial charge in [0.05, 0.1) is 26.9 Å². The van der Waals surface area contributed by atoms with Crippen LogP contribution < -0.4 is 19.5 Å². The molecule has 0 bridgehead atoms. The molecule has 1 amide bonds. The molecule has 2 rings (SSSR count). The summed E-state index contributed by atoms with van der Waals surface area (Å²) in [5, 5.41) is 2.69. The lowest BCUT2D eigenvalue weighted by Crippen LogP contribution is -2.05. The van der Waals surface area contributed by atoms with Gasteiger partial charge in [-0.2, -0.15) is 0 Å². The Morgan fingerprint density at radius 3 is 2.08 bits per heavy atom. The van der Waals surface area contributed by atoms with Gasteiger partial charge in [0.15, 0.2) is 17.3 Å². The van der Waals surface area contributed by atoms with Crippen molar-refractivity contribution < 1.29 is 23.8 Å². The van der Waals surface area contributed by atoms with Crippen molar-refractivity contribution in [2.45, 2.75) is 6.92 Å².